The van der Waals surface area contributed by atoms with E-state index in [0.29, 0.717) is 33.7 Å². The fourth-order valence-corrected chi connectivity index (χ4v) is 3.03. The number of ether oxygens (including phenoxy) is 1. The van der Waals surface area contributed by atoms with Crippen LogP contribution in [0.1, 0.15) is 5.56 Å². The number of nitrogens with one attached hydrogen (secondary N) is 1. The molecule has 0 radical (unpaired) electrons. The van der Waals surface area contributed by atoms with Crippen molar-refractivity contribution >= 4 is 23.2 Å². The van der Waals surface area contributed by atoms with E-state index in [9.17, 15) is 4.79 Å². The monoisotopic (exact) mass is 419 g/mol. The first-order valence-electron chi connectivity index (χ1n) is 9.27. The van der Waals surface area contributed by atoms with Crippen molar-refractivity contribution in [3.8, 4) is 28.6 Å². The van der Waals surface area contributed by atoms with Crippen LogP contribution in [0.15, 0.2) is 77.3 Å². The van der Waals surface area contributed by atoms with Crippen LogP contribution >= 0.6 is 11.6 Å². The number of hydrogen-bond acceptors (Lipinski definition) is 5. The van der Waals surface area contributed by atoms with Crippen LogP contribution < -0.4 is 10.1 Å². The van der Waals surface area contributed by atoms with Crippen molar-refractivity contribution in [1.29, 1.82) is 0 Å². The van der Waals surface area contributed by atoms with Gasteiger partial charge in [-0.25, -0.2) is 0 Å². The molecule has 0 aliphatic heterocycles. The van der Waals surface area contributed by atoms with E-state index in [1.54, 1.807) is 30.3 Å². The molecule has 0 unspecified atom stereocenters. The first-order valence-corrected chi connectivity index (χ1v) is 9.65. The lowest BCUT2D eigenvalue weighted by Gasteiger charge is -2.10. The number of aromatic nitrogens is 2. The van der Waals surface area contributed by atoms with Gasteiger partial charge in [-0.05, 0) is 55.0 Å². The van der Waals surface area contributed by atoms with Gasteiger partial charge in [0.05, 0.1) is 5.56 Å². The SMILES string of the molecule is Cc1ccccc1-c1nc(-c2ccccc2OCC(=O)Nc2ccc(Cl)cc2)no1. The van der Waals surface area contributed by atoms with Gasteiger partial charge >= 0.3 is 0 Å². The van der Waals surface area contributed by atoms with Crippen LogP contribution in [-0.4, -0.2) is 22.7 Å². The normalized spacial score (nSPS) is 10.6. The number of aryl methyl sites for hydroxylation is 1. The molecule has 0 saturated carbocycles. The fourth-order valence-electron chi connectivity index (χ4n) is 2.91. The fraction of sp³-hybridized carbons (Fsp3) is 0.0870. The first-order chi connectivity index (χ1) is 14.6. The Morgan fingerprint density at radius 2 is 1.70 bits per heavy atom. The van der Waals surface area contributed by atoms with Crippen molar-refractivity contribution in [3.63, 3.8) is 0 Å². The maximum Gasteiger partial charge on any atom is 0.262 e. The summed E-state index contributed by atoms with van der Waals surface area (Å²) in [5.41, 5.74) is 3.19. The Morgan fingerprint density at radius 3 is 2.47 bits per heavy atom. The second-order valence-corrected chi connectivity index (χ2v) is 7.01. The number of rotatable bonds is 6. The Balaban J connectivity index is 1.49. The Bertz CT molecular complexity index is 1170. The number of anilines is 1. The molecule has 7 heteroatoms. The van der Waals surface area contributed by atoms with E-state index in [2.05, 4.69) is 15.5 Å². The van der Waals surface area contributed by atoms with Crippen LogP contribution in [0.3, 0.4) is 0 Å². The molecule has 4 rings (SSSR count). The van der Waals surface area contributed by atoms with E-state index in [1.807, 2.05) is 49.4 Å². The Labute approximate surface area is 178 Å². The standard InChI is InChI=1S/C23H18ClN3O3/c1-15-6-2-3-7-18(15)23-26-22(27-30-23)19-8-4-5-9-20(19)29-14-21(28)25-17-12-10-16(24)11-13-17/h2-13H,14H2,1H3,(H,25,28). The minimum atomic E-state index is -0.291. The van der Waals surface area contributed by atoms with E-state index in [0.717, 1.165) is 11.1 Å². The lowest BCUT2D eigenvalue weighted by atomic mass is 10.1. The highest BCUT2D eigenvalue weighted by Gasteiger charge is 2.16. The Kier molecular flexibility index (Phi) is 5.77. The Hall–Kier alpha value is -3.64. The van der Waals surface area contributed by atoms with Gasteiger partial charge in [0.15, 0.2) is 6.61 Å². The van der Waals surface area contributed by atoms with Crippen LogP contribution in [0.2, 0.25) is 5.02 Å². The summed E-state index contributed by atoms with van der Waals surface area (Å²) < 4.78 is 11.2. The summed E-state index contributed by atoms with van der Waals surface area (Å²) >= 11 is 5.86. The van der Waals surface area contributed by atoms with E-state index >= 15 is 0 Å². The van der Waals surface area contributed by atoms with E-state index in [-0.39, 0.29) is 12.5 Å². The van der Waals surface area contributed by atoms with Crippen molar-refractivity contribution in [2.75, 3.05) is 11.9 Å². The maximum atomic E-state index is 12.2. The van der Waals surface area contributed by atoms with Gasteiger partial charge in [-0.3, -0.25) is 4.79 Å². The minimum Gasteiger partial charge on any atom is -0.483 e. The second kappa shape index (κ2) is 8.80. The van der Waals surface area contributed by atoms with Crippen LogP contribution in [0.5, 0.6) is 5.75 Å². The van der Waals surface area contributed by atoms with Crippen molar-refractivity contribution in [2.45, 2.75) is 6.92 Å². The van der Waals surface area contributed by atoms with Gasteiger partial charge in [-0.15, -0.1) is 0 Å². The molecule has 3 aromatic carbocycles. The van der Waals surface area contributed by atoms with E-state index in [4.69, 9.17) is 20.9 Å². The molecule has 1 N–H and O–H groups in total. The summed E-state index contributed by atoms with van der Waals surface area (Å²) in [6, 6.07) is 21.9. The zero-order valence-corrected chi connectivity index (χ0v) is 16.9. The summed E-state index contributed by atoms with van der Waals surface area (Å²) in [5, 5.41) is 7.45. The lowest BCUT2D eigenvalue weighted by molar-refractivity contribution is -0.118. The van der Waals surface area contributed by atoms with Gasteiger partial charge in [0.1, 0.15) is 5.75 Å². The molecule has 0 aliphatic rings. The molecule has 4 aromatic rings. The molecule has 1 amide bonds. The summed E-state index contributed by atoms with van der Waals surface area (Å²) in [5.74, 6) is 1.02. The highest BCUT2D eigenvalue weighted by molar-refractivity contribution is 6.30. The quantitative estimate of drug-likeness (QED) is 0.453. The maximum absolute atomic E-state index is 12.2. The molecular formula is C23H18ClN3O3. The molecule has 1 aromatic heterocycles. The third-order valence-corrected chi connectivity index (χ3v) is 4.67. The predicted octanol–water partition coefficient (Wildman–Crippen LogP) is 5.38. The molecule has 30 heavy (non-hydrogen) atoms. The number of hydrogen-bond donors (Lipinski definition) is 1. The smallest absolute Gasteiger partial charge is 0.262 e. The zero-order valence-electron chi connectivity index (χ0n) is 16.1. The topological polar surface area (TPSA) is 77.2 Å². The van der Waals surface area contributed by atoms with Crippen molar-refractivity contribution < 1.29 is 14.1 Å². The van der Waals surface area contributed by atoms with Gasteiger partial charge in [0, 0.05) is 16.3 Å². The molecule has 0 spiro atoms. The number of benzene rings is 3. The van der Waals surface area contributed by atoms with Crippen LogP contribution in [0.4, 0.5) is 5.69 Å². The molecule has 150 valence electrons. The summed E-state index contributed by atoms with van der Waals surface area (Å²) in [7, 11) is 0. The second-order valence-electron chi connectivity index (χ2n) is 6.58. The van der Waals surface area contributed by atoms with Crippen molar-refractivity contribution in [3.05, 3.63) is 83.4 Å². The lowest BCUT2D eigenvalue weighted by Crippen LogP contribution is -2.20. The minimum absolute atomic E-state index is 0.165. The van der Waals surface area contributed by atoms with Crippen LogP contribution in [0.25, 0.3) is 22.8 Å². The number of amides is 1. The molecule has 0 bridgehead atoms. The largest absolute Gasteiger partial charge is 0.483 e. The highest BCUT2D eigenvalue weighted by atomic mass is 35.5. The van der Waals surface area contributed by atoms with Gasteiger partial charge in [-0.2, -0.15) is 4.98 Å². The average molecular weight is 420 g/mol. The number of carbonyl (C=O) groups excluding carboxylic acids is 1. The summed E-state index contributed by atoms with van der Waals surface area (Å²) in [6.45, 7) is 1.82. The predicted molar refractivity (Wildman–Crippen MR) is 115 cm³/mol. The summed E-state index contributed by atoms with van der Waals surface area (Å²) in [6.07, 6.45) is 0. The number of halogens is 1. The number of carbonyl (C=O) groups is 1. The van der Waals surface area contributed by atoms with E-state index < -0.39 is 0 Å². The molecule has 0 aliphatic carbocycles. The highest BCUT2D eigenvalue weighted by Crippen LogP contribution is 2.30. The zero-order chi connectivity index (χ0) is 20.9. The average Bonchev–Trinajstić information content (AvgIpc) is 3.24. The number of nitrogens with zero attached hydrogens (tertiary/aromatic N) is 2. The molecule has 6 nitrogen and oxygen atoms in total. The van der Waals surface area contributed by atoms with Gasteiger partial charge in [0.2, 0.25) is 5.82 Å². The van der Waals surface area contributed by atoms with Gasteiger partial charge in [-0.1, -0.05) is 47.1 Å². The summed E-state index contributed by atoms with van der Waals surface area (Å²) in [4.78, 5) is 16.7. The van der Waals surface area contributed by atoms with Crippen molar-refractivity contribution in [1.82, 2.24) is 10.1 Å². The molecule has 1 heterocycles. The number of para-hydroxylation sites is 1. The van der Waals surface area contributed by atoms with Crippen LogP contribution in [-0.2, 0) is 4.79 Å². The first kappa shape index (κ1) is 19.7. The van der Waals surface area contributed by atoms with E-state index in [1.165, 1.54) is 0 Å². The van der Waals surface area contributed by atoms with Gasteiger partial charge in [0.25, 0.3) is 11.8 Å². The molecule has 0 saturated heterocycles. The molecular weight excluding hydrogens is 402 g/mol. The van der Waals surface area contributed by atoms with Gasteiger partial charge < -0.3 is 14.6 Å². The Morgan fingerprint density at radius 1 is 1.00 bits per heavy atom. The third-order valence-electron chi connectivity index (χ3n) is 4.42. The third kappa shape index (κ3) is 4.50. The molecule has 0 fully saturated rings. The molecule has 0 atom stereocenters. The van der Waals surface area contributed by atoms with Crippen molar-refractivity contribution in [2.24, 2.45) is 0 Å². The van der Waals surface area contributed by atoms with Crippen LogP contribution in [0, 0.1) is 6.92 Å².